The second-order valence-corrected chi connectivity index (χ2v) is 5.51. The molecular formula is C13H18BrNO. The van der Waals surface area contributed by atoms with Gasteiger partial charge in [-0.25, -0.2) is 0 Å². The van der Waals surface area contributed by atoms with E-state index in [0.717, 1.165) is 29.6 Å². The maximum atomic E-state index is 5.90. The van der Waals surface area contributed by atoms with Crippen LogP contribution in [0.3, 0.4) is 0 Å². The van der Waals surface area contributed by atoms with Gasteiger partial charge in [-0.2, -0.15) is 0 Å². The van der Waals surface area contributed by atoms with Crippen molar-refractivity contribution in [3.63, 3.8) is 0 Å². The highest BCUT2D eigenvalue weighted by atomic mass is 79.9. The first-order valence-corrected chi connectivity index (χ1v) is 6.60. The number of halogens is 1. The van der Waals surface area contributed by atoms with E-state index in [1.807, 2.05) is 0 Å². The van der Waals surface area contributed by atoms with E-state index in [2.05, 4.69) is 41.9 Å². The molecule has 1 aliphatic rings. The van der Waals surface area contributed by atoms with Crippen LogP contribution in [0.15, 0.2) is 16.6 Å². The smallest absolute Gasteiger partial charge is 0.126 e. The topological polar surface area (TPSA) is 35.2 Å². The van der Waals surface area contributed by atoms with Gasteiger partial charge in [0.25, 0.3) is 0 Å². The van der Waals surface area contributed by atoms with Crippen LogP contribution in [0.1, 0.15) is 37.3 Å². The van der Waals surface area contributed by atoms with Crippen LogP contribution in [0.4, 0.5) is 0 Å². The first kappa shape index (κ1) is 11.9. The molecule has 2 atom stereocenters. The molecule has 2 N–H and O–H groups in total. The molecule has 0 saturated heterocycles. The van der Waals surface area contributed by atoms with E-state index in [1.165, 1.54) is 11.1 Å². The van der Waals surface area contributed by atoms with Gasteiger partial charge in [-0.1, -0.05) is 22.9 Å². The van der Waals surface area contributed by atoms with Crippen LogP contribution in [0.2, 0.25) is 0 Å². The minimum absolute atomic E-state index is 0.299. The summed E-state index contributed by atoms with van der Waals surface area (Å²) in [7, 11) is 0. The molecule has 0 bridgehead atoms. The van der Waals surface area contributed by atoms with Gasteiger partial charge in [-0.05, 0) is 49.1 Å². The fourth-order valence-electron chi connectivity index (χ4n) is 2.29. The molecule has 0 radical (unpaired) electrons. The number of hydrogen-bond acceptors (Lipinski definition) is 2. The van der Waals surface area contributed by atoms with Crippen molar-refractivity contribution in [2.75, 3.05) is 6.54 Å². The van der Waals surface area contributed by atoms with Crippen molar-refractivity contribution in [2.24, 2.45) is 5.73 Å². The predicted octanol–water partition coefficient (Wildman–Crippen LogP) is 3.22. The summed E-state index contributed by atoms with van der Waals surface area (Å²) in [6.45, 7) is 5.05. The highest BCUT2D eigenvalue weighted by Crippen LogP contribution is 2.39. The van der Waals surface area contributed by atoms with Crippen molar-refractivity contribution in [1.82, 2.24) is 0 Å². The Morgan fingerprint density at radius 2 is 2.31 bits per heavy atom. The average Bonchev–Trinajstić information content (AvgIpc) is 2.57. The molecule has 88 valence electrons. The molecule has 0 saturated carbocycles. The van der Waals surface area contributed by atoms with Crippen molar-refractivity contribution >= 4 is 15.9 Å². The monoisotopic (exact) mass is 283 g/mol. The Morgan fingerprint density at radius 1 is 1.56 bits per heavy atom. The molecule has 0 spiro atoms. The van der Waals surface area contributed by atoms with Gasteiger partial charge < -0.3 is 10.5 Å². The Bertz CT molecular complexity index is 392. The first-order chi connectivity index (χ1) is 7.61. The van der Waals surface area contributed by atoms with Gasteiger partial charge in [0.15, 0.2) is 0 Å². The molecule has 3 heteroatoms. The maximum Gasteiger partial charge on any atom is 0.126 e. The highest BCUT2D eigenvalue weighted by Gasteiger charge is 2.24. The first-order valence-electron chi connectivity index (χ1n) is 5.81. The Morgan fingerprint density at radius 3 is 3.00 bits per heavy atom. The van der Waals surface area contributed by atoms with Crippen LogP contribution >= 0.6 is 15.9 Å². The van der Waals surface area contributed by atoms with E-state index in [4.69, 9.17) is 10.5 Å². The second kappa shape index (κ2) is 4.76. The standard InChI is InChI=1S/C13H18BrNO/c1-8(3-4-15)12-7-11(14)6-10-5-9(2)16-13(10)12/h6-9H,3-5,15H2,1-2H3. The van der Waals surface area contributed by atoms with Gasteiger partial charge in [0.05, 0.1) is 0 Å². The molecule has 2 rings (SSSR count). The van der Waals surface area contributed by atoms with Gasteiger partial charge in [0.2, 0.25) is 0 Å². The summed E-state index contributed by atoms with van der Waals surface area (Å²) in [5.41, 5.74) is 8.24. The Balaban J connectivity index is 2.38. The van der Waals surface area contributed by atoms with Gasteiger partial charge >= 0.3 is 0 Å². The molecular weight excluding hydrogens is 266 g/mol. The normalized spacial score (nSPS) is 20.4. The molecule has 1 aliphatic heterocycles. The number of ether oxygens (including phenoxy) is 1. The number of benzene rings is 1. The minimum atomic E-state index is 0.299. The lowest BCUT2D eigenvalue weighted by atomic mass is 9.94. The zero-order valence-corrected chi connectivity index (χ0v) is 11.4. The molecule has 1 aromatic rings. The van der Waals surface area contributed by atoms with Crippen LogP contribution in [-0.4, -0.2) is 12.6 Å². The predicted molar refractivity (Wildman–Crippen MR) is 70.0 cm³/mol. The zero-order valence-electron chi connectivity index (χ0n) is 9.79. The van der Waals surface area contributed by atoms with Gasteiger partial charge in [0, 0.05) is 10.9 Å². The summed E-state index contributed by atoms with van der Waals surface area (Å²) in [4.78, 5) is 0. The third kappa shape index (κ3) is 2.25. The minimum Gasteiger partial charge on any atom is -0.490 e. The molecule has 16 heavy (non-hydrogen) atoms. The van der Waals surface area contributed by atoms with Gasteiger partial charge in [-0.15, -0.1) is 0 Å². The summed E-state index contributed by atoms with van der Waals surface area (Å²) in [5.74, 6) is 1.55. The summed E-state index contributed by atoms with van der Waals surface area (Å²) in [6, 6.07) is 4.33. The van der Waals surface area contributed by atoms with E-state index in [9.17, 15) is 0 Å². The Hall–Kier alpha value is -0.540. The molecule has 1 heterocycles. The van der Waals surface area contributed by atoms with E-state index in [0.29, 0.717) is 12.0 Å². The Labute approximate surface area is 105 Å². The molecule has 0 fully saturated rings. The SMILES string of the molecule is CC1Cc2cc(Br)cc(C(C)CCN)c2O1. The number of nitrogens with two attached hydrogens (primary N) is 1. The van der Waals surface area contributed by atoms with Crippen LogP contribution in [0.5, 0.6) is 5.75 Å². The fourth-order valence-corrected chi connectivity index (χ4v) is 2.82. The van der Waals surface area contributed by atoms with E-state index >= 15 is 0 Å². The zero-order chi connectivity index (χ0) is 11.7. The largest absolute Gasteiger partial charge is 0.490 e. The van der Waals surface area contributed by atoms with Crippen molar-refractivity contribution in [1.29, 1.82) is 0 Å². The molecule has 2 nitrogen and oxygen atoms in total. The van der Waals surface area contributed by atoms with Gasteiger partial charge in [0.1, 0.15) is 11.9 Å². The van der Waals surface area contributed by atoms with Crippen molar-refractivity contribution in [3.8, 4) is 5.75 Å². The maximum absolute atomic E-state index is 5.90. The summed E-state index contributed by atoms with van der Waals surface area (Å²) in [5, 5.41) is 0. The number of hydrogen-bond donors (Lipinski definition) is 1. The van der Waals surface area contributed by atoms with Crippen molar-refractivity contribution in [2.45, 2.75) is 38.7 Å². The quantitative estimate of drug-likeness (QED) is 0.925. The third-order valence-electron chi connectivity index (χ3n) is 3.12. The molecule has 0 amide bonds. The van der Waals surface area contributed by atoms with E-state index in [1.54, 1.807) is 0 Å². The second-order valence-electron chi connectivity index (χ2n) is 4.59. The van der Waals surface area contributed by atoms with Crippen LogP contribution in [0.25, 0.3) is 0 Å². The lowest BCUT2D eigenvalue weighted by molar-refractivity contribution is 0.251. The van der Waals surface area contributed by atoms with Crippen LogP contribution in [0, 0.1) is 0 Å². The van der Waals surface area contributed by atoms with Crippen LogP contribution in [-0.2, 0) is 6.42 Å². The lowest BCUT2D eigenvalue weighted by Gasteiger charge is -2.16. The molecule has 1 aromatic carbocycles. The summed E-state index contributed by atoms with van der Waals surface area (Å²) in [6.07, 6.45) is 2.31. The molecule has 2 unspecified atom stereocenters. The highest BCUT2D eigenvalue weighted by molar-refractivity contribution is 9.10. The van der Waals surface area contributed by atoms with E-state index in [-0.39, 0.29) is 0 Å². The lowest BCUT2D eigenvalue weighted by Crippen LogP contribution is -2.08. The average molecular weight is 284 g/mol. The van der Waals surface area contributed by atoms with Gasteiger partial charge in [-0.3, -0.25) is 0 Å². The van der Waals surface area contributed by atoms with E-state index < -0.39 is 0 Å². The van der Waals surface area contributed by atoms with Crippen molar-refractivity contribution in [3.05, 3.63) is 27.7 Å². The Kier molecular flexibility index (Phi) is 3.55. The van der Waals surface area contributed by atoms with Crippen molar-refractivity contribution < 1.29 is 4.74 Å². The molecule has 0 aromatic heterocycles. The number of fused-ring (bicyclic) bond motifs is 1. The van der Waals surface area contributed by atoms with Crippen LogP contribution < -0.4 is 10.5 Å². The summed E-state index contributed by atoms with van der Waals surface area (Å²) < 4.78 is 7.04. The summed E-state index contributed by atoms with van der Waals surface area (Å²) >= 11 is 3.57. The molecule has 0 aliphatic carbocycles. The fraction of sp³-hybridized carbons (Fsp3) is 0.538. The third-order valence-corrected chi connectivity index (χ3v) is 3.57. The number of rotatable bonds is 3.